The van der Waals surface area contributed by atoms with Crippen molar-refractivity contribution in [1.29, 1.82) is 0 Å². The van der Waals surface area contributed by atoms with Crippen molar-refractivity contribution in [1.82, 2.24) is 5.16 Å². The SMILES string of the molecule is Cc1cccc(Cl)c1-c1noc(C2CC2)c1CO[C@@H]1C[C@H]2CC[C@@H](C1)[C@]2(O)c1ccccc1F. The highest BCUT2D eigenvalue weighted by atomic mass is 35.5. The molecule has 2 aromatic carbocycles. The molecule has 0 amide bonds. The number of hydrogen-bond donors (Lipinski definition) is 1. The van der Waals surface area contributed by atoms with Crippen molar-refractivity contribution in [3.63, 3.8) is 0 Å². The fourth-order valence-corrected chi connectivity index (χ4v) is 6.63. The van der Waals surface area contributed by atoms with E-state index >= 15 is 0 Å². The topological polar surface area (TPSA) is 55.5 Å². The molecular weight excluding hydrogens is 453 g/mol. The van der Waals surface area contributed by atoms with Crippen LogP contribution >= 0.6 is 11.6 Å². The molecule has 3 saturated carbocycles. The molecule has 4 atom stereocenters. The highest BCUT2D eigenvalue weighted by Crippen LogP contribution is 2.56. The number of halogens is 2. The Balaban J connectivity index is 1.24. The van der Waals surface area contributed by atoms with E-state index in [2.05, 4.69) is 5.16 Å². The highest BCUT2D eigenvalue weighted by molar-refractivity contribution is 6.33. The summed E-state index contributed by atoms with van der Waals surface area (Å²) in [5, 5.41) is 16.7. The first-order valence-electron chi connectivity index (χ1n) is 12.3. The molecule has 0 unspecified atom stereocenters. The Labute approximate surface area is 204 Å². The lowest BCUT2D eigenvalue weighted by Gasteiger charge is -2.43. The van der Waals surface area contributed by atoms with Crippen LogP contribution in [0.5, 0.6) is 0 Å². The lowest BCUT2D eigenvalue weighted by molar-refractivity contribution is -0.117. The van der Waals surface area contributed by atoms with Gasteiger partial charge in [0, 0.05) is 22.6 Å². The first-order chi connectivity index (χ1) is 16.5. The summed E-state index contributed by atoms with van der Waals surface area (Å²) in [5.74, 6) is 0.972. The fourth-order valence-electron chi connectivity index (χ4n) is 6.32. The summed E-state index contributed by atoms with van der Waals surface area (Å²) in [6.07, 6.45) is 5.42. The van der Waals surface area contributed by atoms with Gasteiger partial charge in [0.05, 0.1) is 23.3 Å². The van der Waals surface area contributed by atoms with Gasteiger partial charge in [0.15, 0.2) is 0 Å². The van der Waals surface area contributed by atoms with Crippen LogP contribution in [0.3, 0.4) is 0 Å². The molecular formula is C28H29ClFNO3. The Morgan fingerprint density at radius 1 is 1.09 bits per heavy atom. The molecule has 2 bridgehead atoms. The van der Waals surface area contributed by atoms with E-state index in [4.69, 9.17) is 20.9 Å². The Kier molecular flexibility index (Phi) is 5.55. The predicted octanol–water partition coefficient (Wildman–Crippen LogP) is 6.91. The normalized spacial score (nSPS) is 28.4. The van der Waals surface area contributed by atoms with Crippen molar-refractivity contribution in [3.8, 4) is 11.3 Å². The Hall–Kier alpha value is -2.21. The second kappa shape index (κ2) is 8.47. The first kappa shape index (κ1) is 22.3. The molecule has 0 saturated heterocycles. The number of nitrogens with zero attached hydrogens (tertiary/aromatic N) is 1. The predicted molar refractivity (Wildman–Crippen MR) is 128 cm³/mol. The monoisotopic (exact) mass is 481 g/mol. The van der Waals surface area contributed by atoms with Gasteiger partial charge in [-0.25, -0.2) is 4.39 Å². The van der Waals surface area contributed by atoms with E-state index in [1.54, 1.807) is 12.1 Å². The lowest BCUT2D eigenvalue weighted by Crippen LogP contribution is -2.45. The van der Waals surface area contributed by atoms with Crippen molar-refractivity contribution in [2.75, 3.05) is 0 Å². The van der Waals surface area contributed by atoms with Crippen molar-refractivity contribution < 1.29 is 18.8 Å². The van der Waals surface area contributed by atoms with E-state index < -0.39 is 5.60 Å². The summed E-state index contributed by atoms with van der Waals surface area (Å²) in [5.41, 5.74) is 3.03. The van der Waals surface area contributed by atoms with Gasteiger partial charge in [0.1, 0.15) is 17.3 Å². The van der Waals surface area contributed by atoms with Crippen molar-refractivity contribution in [2.24, 2.45) is 11.8 Å². The number of aliphatic hydroxyl groups is 1. The average Bonchev–Trinajstić information content (AvgIpc) is 3.56. The largest absolute Gasteiger partial charge is 0.384 e. The molecule has 3 fully saturated rings. The second-order valence-corrected chi connectivity index (χ2v) is 10.7. The maximum Gasteiger partial charge on any atom is 0.145 e. The molecule has 4 nitrogen and oxygen atoms in total. The molecule has 1 heterocycles. The number of rotatable bonds is 6. The van der Waals surface area contributed by atoms with Crippen LogP contribution in [0, 0.1) is 24.6 Å². The van der Waals surface area contributed by atoms with Crippen molar-refractivity contribution >= 4 is 11.6 Å². The van der Waals surface area contributed by atoms with E-state index in [9.17, 15) is 9.50 Å². The first-order valence-corrected chi connectivity index (χ1v) is 12.7. The smallest absolute Gasteiger partial charge is 0.145 e. The zero-order valence-electron chi connectivity index (χ0n) is 19.3. The molecule has 6 heteroatoms. The standard InChI is InChI=1S/C28H29ClFNO3/c1-16-5-4-7-23(29)25(16)26-21(27(34-31-26)17-9-10-17)15-33-20-13-18-11-12-19(14-20)28(18,32)22-6-2-3-8-24(22)30/h2-8,17-20,32H,9-15H2,1H3/t18-,19+,20-,28+. The number of aromatic nitrogens is 1. The van der Waals surface area contributed by atoms with Crippen LogP contribution in [0.25, 0.3) is 11.3 Å². The minimum Gasteiger partial charge on any atom is -0.384 e. The summed E-state index contributed by atoms with van der Waals surface area (Å²) in [6, 6.07) is 12.5. The van der Waals surface area contributed by atoms with Crippen LogP contribution in [0.1, 0.15) is 66.9 Å². The number of benzene rings is 2. The Morgan fingerprint density at radius 3 is 2.50 bits per heavy atom. The summed E-state index contributed by atoms with van der Waals surface area (Å²) < 4.78 is 26.9. The minimum absolute atomic E-state index is 0.00620. The molecule has 1 N–H and O–H groups in total. The van der Waals surface area contributed by atoms with E-state index in [-0.39, 0.29) is 23.8 Å². The number of aryl methyl sites for hydroxylation is 1. The van der Waals surface area contributed by atoms with Gasteiger partial charge in [0.2, 0.25) is 0 Å². The highest BCUT2D eigenvalue weighted by Gasteiger charge is 2.55. The molecule has 0 aliphatic heterocycles. The molecule has 3 aliphatic rings. The third-order valence-corrected chi connectivity index (χ3v) is 8.51. The number of fused-ring (bicyclic) bond motifs is 2. The van der Waals surface area contributed by atoms with Gasteiger partial charge in [0.25, 0.3) is 0 Å². The van der Waals surface area contributed by atoms with Crippen LogP contribution in [-0.2, 0) is 16.9 Å². The minimum atomic E-state index is -1.11. The third kappa shape index (κ3) is 3.60. The molecule has 34 heavy (non-hydrogen) atoms. The van der Waals surface area contributed by atoms with Crippen molar-refractivity contribution in [3.05, 3.63) is 75.8 Å². The average molecular weight is 482 g/mol. The molecule has 0 spiro atoms. The maximum absolute atomic E-state index is 14.6. The summed E-state index contributed by atoms with van der Waals surface area (Å²) in [7, 11) is 0. The Morgan fingerprint density at radius 2 is 1.82 bits per heavy atom. The van der Waals surface area contributed by atoms with Crippen molar-refractivity contribution in [2.45, 2.75) is 69.7 Å². The molecule has 3 aliphatic carbocycles. The maximum atomic E-state index is 14.6. The molecule has 6 rings (SSSR count). The lowest BCUT2D eigenvalue weighted by atomic mass is 9.69. The van der Waals surface area contributed by atoms with Crippen LogP contribution in [-0.4, -0.2) is 16.4 Å². The van der Waals surface area contributed by atoms with Gasteiger partial charge in [-0.3, -0.25) is 0 Å². The van der Waals surface area contributed by atoms with Gasteiger partial charge < -0.3 is 14.4 Å². The quantitative estimate of drug-likeness (QED) is 0.415. The van der Waals surface area contributed by atoms with E-state index in [1.807, 2.05) is 31.2 Å². The van der Waals surface area contributed by atoms with Crippen LogP contribution < -0.4 is 0 Å². The fraction of sp³-hybridized carbons (Fsp3) is 0.464. The Bertz CT molecular complexity index is 1190. The van der Waals surface area contributed by atoms with Gasteiger partial charge >= 0.3 is 0 Å². The van der Waals surface area contributed by atoms with Crippen LogP contribution in [0.2, 0.25) is 5.02 Å². The van der Waals surface area contributed by atoms with Gasteiger partial charge in [-0.1, -0.05) is 47.1 Å². The number of ether oxygens (including phenoxy) is 1. The zero-order valence-corrected chi connectivity index (χ0v) is 20.0. The third-order valence-electron chi connectivity index (χ3n) is 8.20. The van der Waals surface area contributed by atoms with Gasteiger partial charge in [-0.15, -0.1) is 0 Å². The number of hydrogen-bond acceptors (Lipinski definition) is 4. The molecule has 1 aromatic heterocycles. The molecule has 3 aromatic rings. The van der Waals surface area contributed by atoms with Gasteiger partial charge in [-0.2, -0.15) is 0 Å². The van der Waals surface area contributed by atoms with Crippen LogP contribution in [0.4, 0.5) is 4.39 Å². The summed E-state index contributed by atoms with van der Waals surface area (Å²) in [6.45, 7) is 2.43. The van der Waals surface area contributed by atoms with Gasteiger partial charge in [-0.05, 0) is 75.0 Å². The second-order valence-electron chi connectivity index (χ2n) is 10.3. The van der Waals surface area contributed by atoms with Crippen LogP contribution in [0.15, 0.2) is 47.0 Å². The van der Waals surface area contributed by atoms with E-state index in [0.717, 1.165) is 53.8 Å². The summed E-state index contributed by atoms with van der Waals surface area (Å²) >= 11 is 6.56. The summed E-state index contributed by atoms with van der Waals surface area (Å²) in [4.78, 5) is 0. The van der Waals surface area contributed by atoms with E-state index in [0.29, 0.717) is 36.0 Å². The zero-order chi connectivity index (χ0) is 23.4. The molecule has 0 radical (unpaired) electrons. The van der Waals surface area contributed by atoms with E-state index in [1.165, 1.54) is 6.07 Å². The molecule has 178 valence electrons.